The van der Waals surface area contributed by atoms with Crippen molar-refractivity contribution < 1.29 is 92.6 Å². The van der Waals surface area contributed by atoms with Gasteiger partial charge in [0.2, 0.25) is 58.5 Å². The van der Waals surface area contributed by atoms with Gasteiger partial charge in [0, 0.05) is 92.1 Å². The van der Waals surface area contributed by atoms with Crippen LogP contribution in [0.3, 0.4) is 0 Å². The zero-order valence-electron chi connectivity index (χ0n) is 65.0. The number of thioether (sulfide) groups is 1. The number of amides is 9. The Morgan fingerprint density at radius 1 is 0.491 bits per heavy atom. The van der Waals surface area contributed by atoms with E-state index < -0.39 is 150 Å². The van der Waals surface area contributed by atoms with Crippen molar-refractivity contribution in [1.29, 1.82) is 0 Å². The van der Waals surface area contributed by atoms with E-state index in [0.717, 1.165) is 22.8 Å². The summed E-state index contributed by atoms with van der Waals surface area (Å²) in [4.78, 5) is 168. The van der Waals surface area contributed by atoms with Crippen molar-refractivity contribution in [2.45, 2.75) is 138 Å². The molecule has 0 saturated carbocycles. The second-order valence-corrected chi connectivity index (χ2v) is 29.3. The highest BCUT2D eigenvalue weighted by atomic mass is 32.2. The second-order valence-electron chi connectivity index (χ2n) is 28.3. The number of nitrogens with one attached hydrogen (secondary N) is 9. The number of carboxylic acid groups (broad SMARTS) is 3. The van der Waals surface area contributed by atoms with Crippen LogP contribution < -0.4 is 85.6 Å². The molecule has 34 nitrogen and oxygen atoms in total. The molecule has 0 unspecified atom stereocenters. The van der Waals surface area contributed by atoms with E-state index in [9.17, 15) is 83.4 Å². The van der Waals surface area contributed by atoms with E-state index >= 15 is 4.79 Å². The van der Waals surface area contributed by atoms with Crippen LogP contribution >= 0.6 is 11.8 Å². The van der Waals surface area contributed by atoms with E-state index in [1.807, 2.05) is 74.1 Å². The van der Waals surface area contributed by atoms with Gasteiger partial charge in [-0.15, -0.1) is 11.8 Å². The van der Waals surface area contributed by atoms with Gasteiger partial charge in [0.15, 0.2) is 0 Å². The third kappa shape index (κ3) is 28.1. The molecule has 1 aliphatic heterocycles. The van der Waals surface area contributed by atoms with Crippen molar-refractivity contribution >= 4 is 105 Å². The van der Waals surface area contributed by atoms with Crippen LogP contribution in [0.25, 0.3) is 33.4 Å². The van der Waals surface area contributed by atoms with E-state index in [1.165, 1.54) is 84.9 Å². The highest BCUT2D eigenvalue weighted by Gasteiger charge is 2.36. The van der Waals surface area contributed by atoms with Gasteiger partial charge < -0.3 is 111 Å². The number of aromatic hydroxyl groups is 3. The van der Waals surface area contributed by atoms with Crippen molar-refractivity contribution in [3.8, 4) is 39.7 Å². The van der Waals surface area contributed by atoms with Gasteiger partial charge in [0.1, 0.15) is 85.0 Å². The topological polar surface area (TPSA) is 558 Å². The predicted molar refractivity (Wildman–Crippen MR) is 436 cm³/mol. The molecule has 0 fully saturated rings. The lowest BCUT2D eigenvalue weighted by Gasteiger charge is -2.28. The van der Waals surface area contributed by atoms with Crippen LogP contribution in [-0.2, 0) is 72.0 Å². The van der Waals surface area contributed by atoms with Crippen LogP contribution in [0, 0.1) is 0 Å². The molecule has 1 aliphatic carbocycles. The molecule has 2 aliphatic rings. The third-order valence-corrected chi connectivity index (χ3v) is 19.9. The van der Waals surface area contributed by atoms with E-state index in [2.05, 4.69) is 47.9 Å². The maximum Gasteiger partial charge on any atom is 0.336 e. The summed E-state index contributed by atoms with van der Waals surface area (Å²) in [6.07, 6.45) is -0.400. The normalized spacial score (nSPS) is 13.2. The van der Waals surface area contributed by atoms with E-state index in [4.69, 9.17) is 27.4 Å². The molecule has 23 N–H and O–H groups in total. The summed E-state index contributed by atoms with van der Waals surface area (Å²) in [5.74, 6) is -12.9. The number of aromatic carboxylic acids is 1. The number of aliphatic carboxylic acids is 2. The fourth-order valence-corrected chi connectivity index (χ4v) is 13.3. The van der Waals surface area contributed by atoms with Crippen molar-refractivity contribution in [3.05, 3.63) is 155 Å². The first-order valence-electron chi connectivity index (χ1n) is 37.8. The Morgan fingerprint density at radius 2 is 0.957 bits per heavy atom. The molecule has 5 aromatic carbocycles. The molecule has 7 rings (SSSR count). The first-order valence-corrected chi connectivity index (χ1v) is 39.0. The maximum atomic E-state index is 15.1. The van der Waals surface area contributed by atoms with Crippen LogP contribution in [0.1, 0.15) is 97.7 Å². The Balaban J connectivity index is 1.15. The first-order chi connectivity index (χ1) is 55.3. The zero-order chi connectivity index (χ0) is 84.7. The minimum absolute atomic E-state index is 0.0226. The average Bonchev–Trinajstić information content (AvgIpc) is 0.745. The largest absolute Gasteiger partial charge is 0.508 e. The number of nitrogens with zero attached hydrogens (tertiary/aromatic N) is 2. The number of hydrogen-bond donors (Lipinski definition) is 19. The molecule has 5 aromatic rings. The first kappa shape index (κ1) is 91.0. The molecule has 0 aromatic heterocycles. The van der Waals surface area contributed by atoms with Gasteiger partial charge in [-0.1, -0.05) is 42.5 Å². The summed E-state index contributed by atoms with van der Waals surface area (Å²) in [5.41, 5.74) is 27.2. The Morgan fingerprint density at radius 3 is 1.44 bits per heavy atom. The number of carbonyl (C=O) groups is 12. The molecule has 35 heteroatoms. The summed E-state index contributed by atoms with van der Waals surface area (Å²) in [5, 5.41) is 86.3. The Bertz CT molecular complexity index is 4640. The smallest absolute Gasteiger partial charge is 0.336 e. The number of fused-ring (bicyclic) bond motifs is 2. The Hall–Kier alpha value is -12.2. The number of phenols is 3. The highest BCUT2D eigenvalue weighted by molar-refractivity contribution is 8.00. The summed E-state index contributed by atoms with van der Waals surface area (Å²) in [6, 6.07) is 19.7. The van der Waals surface area contributed by atoms with Crippen LogP contribution in [0.2, 0.25) is 0 Å². The fraction of sp³-hybridized carbons (Fsp3) is 0.395. The molecule has 0 bridgehead atoms. The average molecular weight is 1620 g/mol. The SMILES string of the molecule is CN(C)c1ccc2c(-c3ccc(NC(=O)CSC[C@H](NC(=O)[C@@H](N)CCCCNC(=O)CN)C(=O)N[C@@H](CCC(=O)O)C(=O)N[C@@H](Cc4ccc(O)cc4)C(=O)N[C@@H](Cc4ccc(O)cc4)C(=O)N[C@@H](CCCCN)C(=O)N[C@@H](CCCCN)C(=O)N[C@@H](Cc4ccc(O)cc4)C(=O)O)cc3C(=O)O)c3ccc(=[N+](C)C)cc-3oc2c1. The van der Waals surface area contributed by atoms with Crippen LogP contribution in [0.15, 0.2) is 132 Å². The number of unbranched alkanes of at least 4 members (excludes halogenated alkanes) is 3. The van der Waals surface area contributed by atoms with Gasteiger partial charge in [-0.05, 0) is 166 Å². The highest BCUT2D eigenvalue weighted by Crippen LogP contribution is 2.43. The van der Waals surface area contributed by atoms with Crippen molar-refractivity contribution in [2.75, 3.05) is 76.1 Å². The summed E-state index contributed by atoms with van der Waals surface area (Å²) in [6.45, 7) is 0.345. The Labute approximate surface area is 673 Å². The molecule has 0 spiro atoms. The molecule has 1 heterocycles. The number of benzene rings is 6. The molecule has 8 atom stereocenters. The van der Waals surface area contributed by atoms with Gasteiger partial charge >= 0.3 is 17.9 Å². The third-order valence-electron chi connectivity index (χ3n) is 18.9. The van der Waals surface area contributed by atoms with Crippen molar-refractivity contribution in [3.63, 3.8) is 0 Å². The van der Waals surface area contributed by atoms with Gasteiger partial charge in [-0.3, -0.25) is 47.9 Å². The number of anilines is 2. The predicted octanol–water partition coefficient (Wildman–Crippen LogP) is 1.69. The minimum Gasteiger partial charge on any atom is -0.508 e. The number of carbonyl (C=O) groups excluding carboxylic acids is 9. The van der Waals surface area contributed by atoms with Gasteiger partial charge in [-0.2, -0.15) is 0 Å². The van der Waals surface area contributed by atoms with Crippen LogP contribution in [0.5, 0.6) is 17.2 Å². The van der Waals surface area contributed by atoms with Crippen LogP contribution in [-0.4, -0.2) is 216 Å². The summed E-state index contributed by atoms with van der Waals surface area (Å²) >= 11 is 0.825. The molecule has 9 amide bonds. The van der Waals surface area contributed by atoms with Crippen LogP contribution in [0.4, 0.5) is 11.4 Å². The molecule has 622 valence electrons. The molecular formula is C81H104N15O19S+. The fourth-order valence-electron chi connectivity index (χ4n) is 12.5. The van der Waals surface area contributed by atoms with Crippen molar-refractivity contribution in [1.82, 2.24) is 47.1 Å². The van der Waals surface area contributed by atoms with Crippen molar-refractivity contribution in [2.24, 2.45) is 22.9 Å². The summed E-state index contributed by atoms with van der Waals surface area (Å²) < 4.78 is 8.35. The number of rotatable bonds is 46. The molecule has 0 saturated heterocycles. The molecular weight excluding hydrogens is 1520 g/mol. The van der Waals surface area contributed by atoms with Gasteiger partial charge in [-0.25, -0.2) is 14.2 Å². The lowest BCUT2D eigenvalue weighted by atomic mass is 9.90. The van der Waals surface area contributed by atoms with E-state index in [-0.39, 0.29) is 93.2 Å². The zero-order valence-corrected chi connectivity index (χ0v) is 65.8. The van der Waals surface area contributed by atoms with Gasteiger partial charge in [0.05, 0.1) is 30.0 Å². The van der Waals surface area contributed by atoms with E-state index in [0.29, 0.717) is 82.2 Å². The second kappa shape index (κ2) is 45.1. The van der Waals surface area contributed by atoms with Gasteiger partial charge in [0.25, 0.3) is 0 Å². The minimum atomic E-state index is -1.82. The summed E-state index contributed by atoms with van der Waals surface area (Å²) in [7, 11) is 7.49. The lowest BCUT2D eigenvalue weighted by Crippen LogP contribution is -2.61. The van der Waals surface area contributed by atoms with E-state index in [1.54, 1.807) is 6.07 Å². The monoisotopic (exact) mass is 1620 g/mol. The number of hydrogen-bond acceptors (Lipinski definition) is 22. The molecule has 0 radical (unpaired) electrons. The lowest BCUT2D eigenvalue weighted by molar-refractivity contribution is -0.142. The quantitative estimate of drug-likeness (QED) is 0.0147. The standard InChI is InChI=1S/C81H103N15O19S/c1-95(2)50-21-30-56-67(41-50)115-68-42-51(96(3)4)22-31-57(68)72(56)55-29-20-49(40-58(55)80(111)112)87-70(101)45-116-44-66(94-73(104)59(85)11-7-10-36-86-69(100)43-84)79(110)90-62(32-33-71(102)103)76(107)91-64(38-47-16-25-53(98)26-17-47)78(109)92-63(37-46-14-23-52(97)24-15-46)77(108)89-60(12-5-8-34-82)74(105)88-61(13-6-9-35-83)75(106)93-65(81(113)114)39-48-18-27-54(99)28-19-48/h14-31,40-42,59-66H,5-13,32-39,43-45,82-85H2,1-4H3,(H14,86,88,89,90,91,92,93,94,97,98,99,100,102,103,104,105,106,107,108,109,110,111,112,113,114)/p+1/t59-,60-,61-,62-,63-,64-,65-,66-/m0/s1. The number of nitrogens with two attached hydrogens (primary N) is 4. The number of carboxylic acids is 3. The number of phenolic OH excluding ortho intramolecular Hbond substituents is 3. The molecule has 116 heavy (non-hydrogen) atoms. The maximum absolute atomic E-state index is 15.1. The Kier molecular flexibility index (Phi) is 35.3.